The Balaban J connectivity index is 3.04. The van der Waals surface area contributed by atoms with E-state index in [1.807, 2.05) is 17.6 Å². The van der Waals surface area contributed by atoms with Crippen LogP contribution in [0.5, 0.6) is 0 Å². The second kappa shape index (κ2) is 9.16. The number of carbonyl (C=O) groups is 1. The second-order valence-electron chi connectivity index (χ2n) is 4.61. The number of hydrogen-bond donors (Lipinski definition) is 2. The lowest BCUT2D eigenvalue weighted by molar-refractivity contribution is -0.118. The average Bonchev–Trinajstić information content (AvgIpc) is 2.54. The molecule has 1 aromatic rings. The minimum absolute atomic E-state index is 0.106. The van der Waals surface area contributed by atoms with Gasteiger partial charge in [0.1, 0.15) is 6.16 Å². The third kappa shape index (κ3) is 4.99. The van der Waals surface area contributed by atoms with Crippen molar-refractivity contribution < 1.29 is 13.9 Å². The van der Waals surface area contributed by atoms with E-state index >= 15 is 0 Å². The molecule has 0 aliphatic carbocycles. The number of halogens is 1. The molecule has 0 heterocycles. The molecule has 0 aliphatic rings. The lowest BCUT2D eigenvalue weighted by atomic mass is 10.3. The first-order chi connectivity index (χ1) is 10.5. The molecule has 0 saturated carbocycles. The van der Waals surface area contributed by atoms with Crippen molar-refractivity contribution in [1.82, 2.24) is 5.43 Å². The predicted molar refractivity (Wildman–Crippen MR) is 91.1 cm³/mol. The SMILES string of the molecule is CCN(CC)c1ccc(P(=O)(CC(=O)NN)OCCCl)cc1. The fourth-order valence-electron chi connectivity index (χ4n) is 2.11. The number of nitrogens with two attached hydrogens (primary N) is 1. The van der Waals surface area contributed by atoms with E-state index in [2.05, 4.69) is 18.7 Å². The molecule has 0 fully saturated rings. The highest BCUT2D eigenvalue weighted by atomic mass is 35.5. The van der Waals surface area contributed by atoms with Crippen LogP contribution in [0.25, 0.3) is 0 Å². The Labute approximate surface area is 136 Å². The molecule has 0 aliphatic heterocycles. The second-order valence-corrected chi connectivity index (χ2v) is 7.43. The summed E-state index contributed by atoms with van der Waals surface area (Å²) in [6, 6.07) is 7.21. The molecule has 22 heavy (non-hydrogen) atoms. The van der Waals surface area contributed by atoms with Gasteiger partial charge in [0, 0.05) is 30.0 Å². The largest absolute Gasteiger partial charge is 0.372 e. The first-order valence-corrected chi connectivity index (χ1v) is 9.49. The maximum Gasteiger partial charge on any atom is 0.243 e. The molecule has 6 nitrogen and oxygen atoms in total. The van der Waals surface area contributed by atoms with Crippen LogP contribution in [0.4, 0.5) is 5.69 Å². The summed E-state index contributed by atoms with van der Waals surface area (Å²) < 4.78 is 18.3. The Bertz CT molecular complexity index is 521. The van der Waals surface area contributed by atoms with Crippen LogP contribution >= 0.6 is 19.0 Å². The number of carbonyl (C=O) groups excluding carboxylic acids is 1. The van der Waals surface area contributed by atoms with Gasteiger partial charge in [0.15, 0.2) is 0 Å². The van der Waals surface area contributed by atoms with Gasteiger partial charge in [0.25, 0.3) is 0 Å². The molecule has 124 valence electrons. The maximum absolute atomic E-state index is 13.0. The molecule has 3 N–H and O–H groups in total. The van der Waals surface area contributed by atoms with Crippen molar-refractivity contribution in [3.63, 3.8) is 0 Å². The lowest BCUT2D eigenvalue weighted by Gasteiger charge is -2.22. The Morgan fingerprint density at radius 2 is 1.91 bits per heavy atom. The van der Waals surface area contributed by atoms with Gasteiger partial charge in [-0.05, 0) is 38.1 Å². The molecule has 1 unspecified atom stereocenters. The van der Waals surface area contributed by atoms with Crippen LogP contribution in [0.15, 0.2) is 24.3 Å². The van der Waals surface area contributed by atoms with Crippen molar-refractivity contribution in [1.29, 1.82) is 0 Å². The van der Waals surface area contributed by atoms with Crippen LogP contribution in [0.2, 0.25) is 0 Å². The summed E-state index contributed by atoms with van der Waals surface area (Å²) in [5, 5.41) is 0.483. The summed E-state index contributed by atoms with van der Waals surface area (Å²) in [7, 11) is -3.32. The normalized spacial score (nSPS) is 13.5. The van der Waals surface area contributed by atoms with E-state index < -0.39 is 13.3 Å². The third-order valence-electron chi connectivity index (χ3n) is 3.26. The van der Waals surface area contributed by atoms with E-state index in [0.717, 1.165) is 18.8 Å². The number of hydrazine groups is 1. The van der Waals surface area contributed by atoms with Crippen LogP contribution in [0.3, 0.4) is 0 Å². The van der Waals surface area contributed by atoms with Crippen LogP contribution in [0.1, 0.15) is 13.8 Å². The molecule has 1 aromatic carbocycles. The molecule has 0 radical (unpaired) electrons. The predicted octanol–water partition coefficient (Wildman–Crippen LogP) is 1.68. The topological polar surface area (TPSA) is 84.7 Å². The van der Waals surface area contributed by atoms with E-state index in [0.29, 0.717) is 5.30 Å². The Morgan fingerprint density at radius 3 is 2.36 bits per heavy atom. The van der Waals surface area contributed by atoms with Gasteiger partial charge in [-0.15, -0.1) is 11.6 Å². The molecule has 0 saturated heterocycles. The average molecular weight is 348 g/mol. The lowest BCUT2D eigenvalue weighted by Crippen LogP contribution is -2.34. The number of alkyl halides is 1. The monoisotopic (exact) mass is 347 g/mol. The number of anilines is 1. The van der Waals surface area contributed by atoms with Gasteiger partial charge in [-0.25, -0.2) is 5.84 Å². The summed E-state index contributed by atoms with van der Waals surface area (Å²) in [5.41, 5.74) is 3.01. The minimum atomic E-state index is -3.32. The number of rotatable bonds is 9. The standard InChI is InChI=1S/C14H23ClN3O3P/c1-3-18(4-2)12-5-7-13(8-6-12)22(20,21-10-9-15)11-14(19)17-16/h5-8H,3-4,9-11,16H2,1-2H3,(H,17,19). The summed E-state index contributed by atoms with van der Waals surface area (Å²) in [6.07, 6.45) is -0.301. The van der Waals surface area contributed by atoms with Crippen molar-refractivity contribution >= 4 is 35.9 Å². The van der Waals surface area contributed by atoms with Gasteiger partial charge in [-0.2, -0.15) is 0 Å². The summed E-state index contributed by atoms with van der Waals surface area (Å²) in [5.74, 6) is 4.74. The van der Waals surface area contributed by atoms with E-state index in [9.17, 15) is 9.36 Å². The van der Waals surface area contributed by atoms with Crippen LogP contribution < -0.4 is 21.5 Å². The summed E-state index contributed by atoms with van der Waals surface area (Å²) >= 11 is 5.59. The van der Waals surface area contributed by atoms with E-state index in [1.54, 1.807) is 12.1 Å². The maximum atomic E-state index is 13.0. The van der Waals surface area contributed by atoms with Crippen molar-refractivity contribution in [3.05, 3.63) is 24.3 Å². The molecule has 1 atom stereocenters. The van der Waals surface area contributed by atoms with Gasteiger partial charge in [-0.3, -0.25) is 14.8 Å². The zero-order chi connectivity index (χ0) is 16.6. The quantitative estimate of drug-likeness (QED) is 0.233. The number of benzene rings is 1. The van der Waals surface area contributed by atoms with Gasteiger partial charge >= 0.3 is 0 Å². The van der Waals surface area contributed by atoms with E-state index in [-0.39, 0.29) is 18.6 Å². The third-order valence-corrected chi connectivity index (χ3v) is 5.80. The molecule has 0 spiro atoms. The van der Waals surface area contributed by atoms with Gasteiger partial charge in [0.05, 0.1) is 6.61 Å². The van der Waals surface area contributed by atoms with E-state index in [4.69, 9.17) is 22.0 Å². The molecular formula is C14H23ClN3O3P. The number of amides is 1. The number of nitrogens with one attached hydrogen (secondary N) is 1. The Morgan fingerprint density at radius 1 is 1.32 bits per heavy atom. The van der Waals surface area contributed by atoms with Crippen molar-refractivity contribution in [2.24, 2.45) is 5.84 Å². The Kier molecular flexibility index (Phi) is 7.90. The van der Waals surface area contributed by atoms with Crippen molar-refractivity contribution in [3.8, 4) is 0 Å². The molecule has 1 rings (SSSR count). The van der Waals surface area contributed by atoms with Crippen molar-refractivity contribution in [2.45, 2.75) is 13.8 Å². The van der Waals surface area contributed by atoms with Gasteiger partial charge < -0.3 is 9.42 Å². The number of hydrogen-bond acceptors (Lipinski definition) is 5. The fourth-order valence-corrected chi connectivity index (χ4v) is 4.17. The first-order valence-electron chi connectivity index (χ1n) is 7.15. The zero-order valence-corrected chi connectivity index (χ0v) is 14.6. The van der Waals surface area contributed by atoms with Crippen molar-refractivity contribution in [2.75, 3.05) is 36.6 Å². The molecule has 0 bridgehead atoms. The highest BCUT2D eigenvalue weighted by Crippen LogP contribution is 2.45. The molecule has 1 amide bonds. The molecular weight excluding hydrogens is 325 g/mol. The zero-order valence-electron chi connectivity index (χ0n) is 12.9. The summed E-state index contributed by atoms with van der Waals surface area (Å²) in [4.78, 5) is 13.7. The minimum Gasteiger partial charge on any atom is -0.372 e. The Hall–Kier alpha value is -1.07. The first kappa shape index (κ1) is 19.0. The van der Waals surface area contributed by atoms with Gasteiger partial charge in [-0.1, -0.05) is 0 Å². The highest BCUT2D eigenvalue weighted by molar-refractivity contribution is 7.67. The van der Waals surface area contributed by atoms with Crippen LogP contribution in [0, 0.1) is 0 Å². The molecule has 0 aromatic heterocycles. The number of nitrogens with zero attached hydrogens (tertiary/aromatic N) is 1. The smallest absolute Gasteiger partial charge is 0.243 e. The highest BCUT2D eigenvalue weighted by Gasteiger charge is 2.29. The van der Waals surface area contributed by atoms with E-state index in [1.165, 1.54) is 0 Å². The summed E-state index contributed by atoms with van der Waals surface area (Å²) in [6.45, 7) is 6.00. The van der Waals surface area contributed by atoms with Crippen LogP contribution in [-0.2, 0) is 13.9 Å². The molecule has 8 heteroatoms. The van der Waals surface area contributed by atoms with Crippen LogP contribution in [-0.4, -0.2) is 37.6 Å². The van der Waals surface area contributed by atoms with Gasteiger partial charge in [0.2, 0.25) is 13.3 Å². The fraction of sp³-hybridized carbons (Fsp3) is 0.500.